The number of benzene rings is 2. The van der Waals surface area contributed by atoms with Crippen molar-refractivity contribution in [3.05, 3.63) is 58.6 Å². The fraction of sp³-hybridized carbons (Fsp3) is 0.278. The molecule has 2 aromatic carbocycles. The normalized spacial score (nSPS) is 12.1. The van der Waals surface area contributed by atoms with E-state index < -0.39 is 10.1 Å². The van der Waals surface area contributed by atoms with Crippen molar-refractivity contribution in [3.63, 3.8) is 0 Å². The monoisotopic (exact) mass is 395 g/mol. The van der Waals surface area contributed by atoms with Crippen LogP contribution in [0.4, 0.5) is 11.4 Å². The van der Waals surface area contributed by atoms with E-state index in [9.17, 15) is 8.42 Å². The Hall–Kier alpha value is -2.09. The van der Waals surface area contributed by atoms with Crippen molar-refractivity contribution in [3.8, 4) is 0 Å². The number of hydrogen-bond donors (Lipinski definition) is 2. The molecule has 6 nitrogen and oxygen atoms in total. The van der Waals surface area contributed by atoms with Crippen molar-refractivity contribution in [2.45, 2.75) is 26.7 Å². The highest BCUT2D eigenvalue weighted by Crippen LogP contribution is 2.26. The van der Waals surface area contributed by atoms with Crippen LogP contribution in [-0.4, -0.2) is 20.6 Å². The molecule has 0 aliphatic carbocycles. The lowest BCUT2D eigenvalue weighted by Crippen LogP contribution is -2.32. The molecule has 0 aliphatic heterocycles. The van der Waals surface area contributed by atoms with Gasteiger partial charge in [-0.3, -0.25) is 0 Å². The van der Waals surface area contributed by atoms with Crippen LogP contribution in [0.1, 0.15) is 25.0 Å². The Balaban J connectivity index is 2.36. The molecular formula is C18H22ClN3O3S. The third-order valence-electron chi connectivity index (χ3n) is 3.54. The minimum absolute atomic E-state index is 0.110. The summed E-state index contributed by atoms with van der Waals surface area (Å²) >= 11 is 6.22. The number of aryl methyl sites for hydroxylation is 2. The smallest absolute Gasteiger partial charge is 0.285 e. The first kappa shape index (κ1) is 20.2. The molecule has 0 fully saturated rings. The average Bonchev–Trinajstić information content (AvgIpc) is 2.61. The average molecular weight is 396 g/mol. The summed E-state index contributed by atoms with van der Waals surface area (Å²) < 4.78 is 27.3. The van der Waals surface area contributed by atoms with E-state index in [0.29, 0.717) is 10.7 Å². The number of anilines is 1. The maximum Gasteiger partial charge on any atom is 0.285 e. The molecule has 0 saturated carbocycles. The number of nitrogens with zero attached hydrogens (tertiary/aromatic N) is 1. The van der Waals surface area contributed by atoms with E-state index in [-0.39, 0.29) is 5.96 Å². The van der Waals surface area contributed by atoms with Gasteiger partial charge in [-0.15, -0.1) is 4.28 Å². The predicted molar refractivity (Wildman–Crippen MR) is 106 cm³/mol. The van der Waals surface area contributed by atoms with Crippen molar-refractivity contribution in [2.24, 2.45) is 4.99 Å². The van der Waals surface area contributed by atoms with Crippen molar-refractivity contribution in [1.82, 2.24) is 5.48 Å². The summed E-state index contributed by atoms with van der Waals surface area (Å²) in [6.45, 7) is 4.08. The molecule has 2 N–H and O–H groups in total. The van der Waals surface area contributed by atoms with E-state index in [1.54, 1.807) is 6.07 Å². The molecule has 0 amide bonds. The summed E-state index contributed by atoms with van der Waals surface area (Å²) in [7, 11) is -3.70. The first-order chi connectivity index (χ1) is 12.3. The van der Waals surface area contributed by atoms with Crippen LogP contribution in [0, 0.1) is 0 Å². The van der Waals surface area contributed by atoms with Crippen LogP contribution < -0.4 is 10.8 Å². The zero-order chi connectivity index (χ0) is 19.2. The molecule has 26 heavy (non-hydrogen) atoms. The minimum atomic E-state index is -3.70. The Kier molecular flexibility index (Phi) is 7.02. The van der Waals surface area contributed by atoms with E-state index in [0.717, 1.165) is 35.9 Å². The second-order valence-corrected chi connectivity index (χ2v) is 7.65. The number of aliphatic imine (C=N–C) groups is 1. The number of nitrogens with one attached hydrogen (secondary N) is 2. The summed E-state index contributed by atoms with van der Waals surface area (Å²) in [5.41, 5.74) is 5.79. The molecule has 0 saturated heterocycles. The second-order valence-electron chi connectivity index (χ2n) is 5.67. The Labute approximate surface area is 159 Å². The van der Waals surface area contributed by atoms with E-state index >= 15 is 0 Å². The highest BCUT2D eigenvalue weighted by molar-refractivity contribution is 7.85. The van der Waals surface area contributed by atoms with Gasteiger partial charge in [0.15, 0.2) is 0 Å². The third kappa shape index (κ3) is 6.33. The fourth-order valence-electron chi connectivity index (χ4n) is 2.18. The van der Waals surface area contributed by atoms with Crippen LogP contribution in [0.2, 0.25) is 5.02 Å². The van der Waals surface area contributed by atoms with Gasteiger partial charge in [0.1, 0.15) is 0 Å². The van der Waals surface area contributed by atoms with Gasteiger partial charge in [-0.25, -0.2) is 10.5 Å². The van der Waals surface area contributed by atoms with Crippen LogP contribution >= 0.6 is 11.6 Å². The second kappa shape index (κ2) is 9.02. The number of halogens is 1. The SMILES string of the molecule is CCc1cccc(NC(=Nc2cc(CC)ccc2Cl)NOS(C)(=O)=O)c1. The van der Waals surface area contributed by atoms with Gasteiger partial charge >= 0.3 is 0 Å². The number of hydrogen-bond acceptors (Lipinski definition) is 4. The van der Waals surface area contributed by atoms with Crippen molar-refractivity contribution in [2.75, 3.05) is 11.6 Å². The fourth-order valence-corrected chi connectivity index (χ4v) is 2.57. The number of rotatable bonds is 6. The molecule has 2 rings (SSSR count). The molecular weight excluding hydrogens is 374 g/mol. The van der Waals surface area contributed by atoms with E-state index in [1.165, 1.54) is 0 Å². The summed E-state index contributed by atoms with van der Waals surface area (Å²) in [6, 6.07) is 13.2. The molecule has 0 bridgehead atoms. The zero-order valence-corrected chi connectivity index (χ0v) is 16.5. The van der Waals surface area contributed by atoms with Crippen molar-refractivity contribution in [1.29, 1.82) is 0 Å². The van der Waals surface area contributed by atoms with Crippen LogP contribution in [0.15, 0.2) is 47.5 Å². The standard InChI is InChI=1S/C18H22ClN3O3S/c1-4-13-7-6-8-15(11-13)20-18(22-25-26(3,23)24)21-17-12-14(5-2)9-10-16(17)19/h6-12H,4-5H2,1-3H3,(H2,20,21,22). The summed E-state index contributed by atoms with van der Waals surface area (Å²) in [5.74, 6) is 0.110. The van der Waals surface area contributed by atoms with Crippen LogP contribution in [0.3, 0.4) is 0 Å². The van der Waals surface area contributed by atoms with E-state index in [1.807, 2.05) is 43.3 Å². The molecule has 8 heteroatoms. The van der Waals surface area contributed by atoms with Gasteiger partial charge < -0.3 is 5.32 Å². The van der Waals surface area contributed by atoms with Gasteiger partial charge in [-0.1, -0.05) is 43.6 Å². The highest BCUT2D eigenvalue weighted by Gasteiger charge is 2.09. The quantitative estimate of drug-likeness (QED) is 0.438. The lowest BCUT2D eigenvalue weighted by atomic mass is 10.1. The van der Waals surface area contributed by atoms with Crippen molar-refractivity contribution >= 4 is 39.1 Å². The van der Waals surface area contributed by atoms with Crippen LogP contribution in [-0.2, 0) is 27.2 Å². The van der Waals surface area contributed by atoms with Crippen LogP contribution in [0.5, 0.6) is 0 Å². The van der Waals surface area contributed by atoms with Crippen molar-refractivity contribution < 1.29 is 12.7 Å². The molecule has 0 atom stereocenters. The third-order valence-corrected chi connectivity index (χ3v) is 4.24. The Bertz CT molecular complexity index is 898. The molecule has 0 spiro atoms. The summed E-state index contributed by atoms with van der Waals surface area (Å²) in [4.78, 5) is 4.39. The lowest BCUT2D eigenvalue weighted by Gasteiger charge is -2.13. The first-order valence-corrected chi connectivity index (χ1v) is 10.4. The lowest BCUT2D eigenvalue weighted by molar-refractivity contribution is 0.271. The largest absolute Gasteiger partial charge is 0.324 e. The zero-order valence-electron chi connectivity index (χ0n) is 14.9. The predicted octanol–water partition coefficient (Wildman–Crippen LogP) is 4.05. The van der Waals surface area contributed by atoms with Gasteiger partial charge in [0.2, 0.25) is 5.96 Å². The molecule has 0 aromatic heterocycles. The number of hydroxylamine groups is 1. The topological polar surface area (TPSA) is 79.8 Å². The first-order valence-electron chi connectivity index (χ1n) is 8.18. The van der Waals surface area contributed by atoms with Gasteiger partial charge in [0.05, 0.1) is 17.0 Å². The van der Waals surface area contributed by atoms with Gasteiger partial charge in [0.25, 0.3) is 10.1 Å². The van der Waals surface area contributed by atoms with E-state index in [4.69, 9.17) is 11.6 Å². The Morgan fingerprint density at radius 1 is 1.12 bits per heavy atom. The molecule has 140 valence electrons. The Morgan fingerprint density at radius 3 is 2.46 bits per heavy atom. The maximum absolute atomic E-state index is 11.3. The highest BCUT2D eigenvalue weighted by atomic mass is 35.5. The Morgan fingerprint density at radius 2 is 1.81 bits per heavy atom. The summed E-state index contributed by atoms with van der Waals surface area (Å²) in [5, 5.41) is 3.48. The van der Waals surface area contributed by atoms with Crippen LogP contribution in [0.25, 0.3) is 0 Å². The molecule has 0 heterocycles. The van der Waals surface area contributed by atoms with E-state index in [2.05, 4.69) is 27.0 Å². The summed E-state index contributed by atoms with van der Waals surface area (Å²) in [6.07, 6.45) is 2.65. The molecule has 0 radical (unpaired) electrons. The molecule has 2 aromatic rings. The minimum Gasteiger partial charge on any atom is -0.324 e. The number of guanidine groups is 1. The van der Waals surface area contributed by atoms with Gasteiger partial charge in [-0.05, 0) is 48.2 Å². The van der Waals surface area contributed by atoms with Gasteiger partial charge in [0, 0.05) is 5.69 Å². The maximum atomic E-state index is 11.3. The molecule has 0 aliphatic rings. The van der Waals surface area contributed by atoms with Gasteiger partial charge in [-0.2, -0.15) is 8.42 Å². The molecule has 0 unspecified atom stereocenters.